The molecule has 2 aromatic carbocycles. The Labute approximate surface area is 144 Å². The van der Waals surface area contributed by atoms with Crippen molar-refractivity contribution in [1.82, 2.24) is 4.98 Å². The minimum Gasteiger partial charge on any atom is -0.256 e. The standard InChI is InChI=1S/C23H25N/c1-16-10-17(2)12-22(11-16)23-14-21-13-19(8-9-20(21)15-24-23)18-6-4-3-5-7-18/h8-15,18H,3-7H2,1-2H3. The van der Waals surface area contributed by atoms with Gasteiger partial charge < -0.3 is 0 Å². The molecule has 3 aromatic rings. The van der Waals surface area contributed by atoms with Gasteiger partial charge >= 0.3 is 0 Å². The predicted molar refractivity (Wildman–Crippen MR) is 102 cm³/mol. The van der Waals surface area contributed by atoms with E-state index in [0.717, 1.165) is 11.6 Å². The fourth-order valence-corrected chi connectivity index (χ4v) is 4.13. The van der Waals surface area contributed by atoms with Crippen molar-refractivity contribution >= 4 is 10.8 Å². The zero-order valence-electron chi connectivity index (χ0n) is 14.7. The number of aryl methyl sites for hydroxylation is 2. The number of pyridine rings is 1. The summed E-state index contributed by atoms with van der Waals surface area (Å²) in [4.78, 5) is 4.70. The molecule has 1 nitrogen and oxygen atoms in total. The molecule has 1 aliphatic carbocycles. The second-order valence-electron chi connectivity index (χ2n) is 7.39. The topological polar surface area (TPSA) is 12.9 Å². The van der Waals surface area contributed by atoms with Crippen molar-refractivity contribution < 1.29 is 0 Å². The Hall–Kier alpha value is -2.15. The zero-order chi connectivity index (χ0) is 16.5. The molecule has 0 radical (unpaired) electrons. The summed E-state index contributed by atoms with van der Waals surface area (Å²) < 4.78 is 0. The van der Waals surface area contributed by atoms with E-state index in [0.29, 0.717) is 0 Å². The third kappa shape index (κ3) is 3.08. The molecule has 0 bridgehead atoms. The van der Waals surface area contributed by atoms with Gasteiger partial charge in [0.1, 0.15) is 0 Å². The van der Waals surface area contributed by atoms with E-state index >= 15 is 0 Å². The quantitative estimate of drug-likeness (QED) is 0.521. The predicted octanol–water partition coefficient (Wildman–Crippen LogP) is 6.57. The van der Waals surface area contributed by atoms with Crippen molar-refractivity contribution in [3.63, 3.8) is 0 Å². The molecule has 1 aliphatic rings. The summed E-state index contributed by atoms with van der Waals surface area (Å²) in [7, 11) is 0. The van der Waals surface area contributed by atoms with E-state index in [1.807, 2.05) is 6.20 Å². The van der Waals surface area contributed by atoms with Crippen LogP contribution in [0.5, 0.6) is 0 Å². The Kier molecular flexibility index (Phi) is 4.10. The number of hydrogen-bond acceptors (Lipinski definition) is 1. The molecule has 1 aromatic heterocycles. The van der Waals surface area contributed by atoms with Gasteiger partial charge in [-0.1, -0.05) is 54.7 Å². The lowest BCUT2D eigenvalue weighted by Gasteiger charge is -2.22. The number of rotatable bonds is 2. The lowest BCUT2D eigenvalue weighted by molar-refractivity contribution is 0.444. The first kappa shape index (κ1) is 15.4. The van der Waals surface area contributed by atoms with Crippen LogP contribution < -0.4 is 0 Å². The molecule has 24 heavy (non-hydrogen) atoms. The Morgan fingerprint density at radius 1 is 0.792 bits per heavy atom. The van der Waals surface area contributed by atoms with Crippen LogP contribution in [-0.4, -0.2) is 4.98 Å². The van der Waals surface area contributed by atoms with Crippen molar-refractivity contribution in [2.75, 3.05) is 0 Å². The molecule has 1 heteroatoms. The summed E-state index contributed by atoms with van der Waals surface area (Å²) in [6, 6.07) is 15.9. The summed E-state index contributed by atoms with van der Waals surface area (Å²) in [5, 5.41) is 2.56. The number of benzene rings is 2. The van der Waals surface area contributed by atoms with Gasteiger partial charge in [0.25, 0.3) is 0 Å². The SMILES string of the molecule is Cc1cc(C)cc(-c2cc3cc(C4CCCCC4)ccc3cn2)c1. The van der Waals surface area contributed by atoms with Crippen molar-refractivity contribution in [2.45, 2.75) is 51.9 Å². The largest absolute Gasteiger partial charge is 0.256 e. The van der Waals surface area contributed by atoms with E-state index in [2.05, 4.69) is 56.3 Å². The molecule has 1 saturated carbocycles. The normalized spacial score (nSPS) is 15.8. The molecule has 0 N–H and O–H groups in total. The summed E-state index contributed by atoms with van der Waals surface area (Å²) in [6.07, 6.45) is 8.89. The highest BCUT2D eigenvalue weighted by molar-refractivity contribution is 5.86. The second kappa shape index (κ2) is 6.39. The van der Waals surface area contributed by atoms with Gasteiger partial charge in [-0.3, -0.25) is 4.98 Å². The molecule has 4 rings (SSSR count). The molecule has 1 heterocycles. The minimum absolute atomic E-state index is 0.751. The number of aromatic nitrogens is 1. The highest BCUT2D eigenvalue weighted by Crippen LogP contribution is 2.34. The van der Waals surface area contributed by atoms with Gasteiger partial charge in [0, 0.05) is 17.1 Å². The first-order valence-electron chi connectivity index (χ1n) is 9.17. The van der Waals surface area contributed by atoms with Gasteiger partial charge in [-0.2, -0.15) is 0 Å². The molecular weight excluding hydrogens is 290 g/mol. The van der Waals surface area contributed by atoms with Crippen molar-refractivity contribution in [2.24, 2.45) is 0 Å². The van der Waals surface area contributed by atoms with E-state index in [1.165, 1.54) is 65.1 Å². The molecular formula is C23H25N. The third-order valence-electron chi connectivity index (χ3n) is 5.34. The van der Waals surface area contributed by atoms with Crippen LogP contribution in [0.4, 0.5) is 0 Å². The Balaban J connectivity index is 1.75. The van der Waals surface area contributed by atoms with Crippen LogP contribution in [-0.2, 0) is 0 Å². The van der Waals surface area contributed by atoms with E-state index < -0.39 is 0 Å². The molecule has 0 unspecified atom stereocenters. The Bertz CT molecular complexity index is 852. The van der Waals surface area contributed by atoms with E-state index in [-0.39, 0.29) is 0 Å². The minimum atomic E-state index is 0.751. The van der Waals surface area contributed by atoms with Crippen LogP contribution in [0.1, 0.15) is 54.7 Å². The van der Waals surface area contributed by atoms with Crippen LogP contribution in [0.25, 0.3) is 22.0 Å². The van der Waals surface area contributed by atoms with Crippen LogP contribution >= 0.6 is 0 Å². The molecule has 122 valence electrons. The number of nitrogens with zero attached hydrogens (tertiary/aromatic N) is 1. The molecule has 0 atom stereocenters. The van der Waals surface area contributed by atoms with E-state index in [4.69, 9.17) is 4.98 Å². The van der Waals surface area contributed by atoms with Crippen LogP contribution in [0.15, 0.2) is 48.7 Å². The fraction of sp³-hybridized carbons (Fsp3) is 0.348. The van der Waals surface area contributed by atoms with E-state index in [1.54, 1.807) is 0 Å². The molecule has 0 aliphatic heterocycles. The summed E-state index contributed by atoms with van der Waals surface area (Å²) in [6.45, 7) is 4.30. The van der Waals surface area contributed by atoms with Gasteiger partial charge in [0.15, 0.2) is 0 Å². The average Bonchev–Trinajstić information content (AvgIpc) is 2.61. The van der Waals surface area contributed by atoms with Gasteiger partial charge in [0.2, 0.25) is 0 Å². The summed E-state index contributed by atoms with van der Waals surface area (Å²) in [5.74, 6) is 0.751. The van der Waals surface area contributed by atoms with Crippen molar-refractivity contribution in [1.29, 1.82) is 0 Å². The third-order valence-corrected chi connectivity index (χ3v) is 5.34. The van der Waals surface area contributed by atoms with Crippen LogP contribution in [0.2, 0.25) is 0 Å². The maximum absolute atomic E-state index is 4.70. The van der Waals surface area contributed by atoms with Gasteiger partial charge in [-0.15, -0.1) is 0 Å². The van der Waals surface area contributed by atoms with Crippen molar-refractivity contribution in [3.05, 3.63) is 65.4 Å². The maximum Gasteiger partial charge on any atom is 0.0708 e. The Morgan fingerprint density at radius 2 is 1.54 bits per heavy atom. The molecule has 0 spiro atoms. The summed E-state index contributed by atoms with van der Waals surface area (Å²) >= 11 is 0. The van der Waals surface area contributed by atoms with Crippen LogP contribution in [0.3, 0.4) is 0 Å². The van der Waals surface area contributed by atoms with Gasteiger partial charge in [-0.05, 0) is 61.8 Å². The zero-order valence-corrected chi connectivity index (χ0v) is 14.7. The van der Waals surface area contributed by atoms with Gasteiger partial charge in [-0.25, -0.2) is 0 Å². The highest BCUT2D eigenvalue weighted by Gasteiger charge is 2.15. The number of hydrogen-bond donors (Lipinski definition) is 0. The van der Waals surface area contributed by atoms with E-state index in [9.17, 15) is 0 Å². The first-order valence-corrected chi connectivity index (χ1v) is 9.17. The molecule has 0 saturated heterocycles. The second-order valence-corrected chi connectivity index (χ2v) is 7.39. The lowest BCUT2D eigenvalue weighted by Crippen LogP contribution is -2.04. The smallest absolute Gasteiger partial charge is 0.0708 e. The summed E-state index contributed by atoms with van der Waals surface area (Å²) in [5.41, 5.74) is 6.40. The van der Waals surface area contributed by atoms with Crippen molar-refractivity contribution in [3.8, 4) is 11.3 Å². The average molecular weight is 315 g/mol. The fourth-order valence-electron chi connectivity index (χ4n) is 4.13. The maximum atomic E-state index is 4.70. The highest BCUT2D eigenvalue weighted by atomic mass is 14.7. The lowest BCUT2D eigenvalue weighted by atomic mass is 9.83. The molecule has 1 fully saturated rings. The monoisotopic (exact) mass is 315 g/mol. The van der Waals surface area contributed by atoms with Gasteiger partial charge in [0.05, 0.1) is 5.69 Å². The number of fused-ring (bicyclic) bond motifs is 1. The Morgan fingerprint density at radius 3 is 2.29 bits per heavy atom. The first-order chi connectivity index (χ1) is 11.7. The van der Waals surface area contributed by atoms with Crippen LogP contribution in [0, 0.1) is 13.8 Å². The molecule has 0 amide bonds.